The lowest BCUT2D eigenvalue weighted by atomic mass is 10.2. The Labute approximate surface area is 176 Å². The first kappa shape index (κ1) is 22.9. The molecule has 8 nitrogen and oxygen atoms in total. The van der Waals surface area contributed by atoms with Crippen LogP contribution in [0.15, 0.2) is 53.6 Å². The van der Waals surface area contributed by atoms with Crippen LogP contribution in [0.1, 0.15) is 31.7 Å². The second kappa shape index (κ2) is 12.9. The molecule has 0 spiro atoms. The molecular formula is C22H27N3O5. The van der Waals surface area contributed by atoms with E-state index in [-0.39, 0.29) is 30.7 Å². The molecule has 0 unspecified atom stereocenters. The maximum Gasteiger partial charge on any atom is 0.305 e. The zero-order valence-corrected chi connectivity index (χ0v) is 17.1. The number of amidine groups is 1. The highest BCUT2D eigenvalue weighted by Crippen LogP contribution is 2.14. The van der Waals surface area contributed by atoms with Gasteiger partial charge in [0.15, 0.2) is 5.84 Å². The van der Waals surface area contributed by atoms with E-state index < -0.39 is 5.91 Å². The summed E-state index contributed by atoms with van der Waals surface area (Å²) in [6.45, 7) is 3.08. The van der Waals surface area contributed by atoms with E-state index in [1.165, 1.54) is 0 Å². The lowest BCUT2D eigenvalue weighted by molar-refractivity contribution is -0.143. The summed E-state index contributed by atoms with van der Waals surface area (Å²) in [6.07, 6.45) is 8.11. The van der Waals surface area contributed by atoms with Crippen LogP contribution in [0.3, 0.4) is 0 Å². The number of rotatable bonds is 9. The largest absolute Gasteiger partial charge is 0.494 e. The number of carbonyl (C=O) groups excluding carboxylic acids is 3. The molecule has 30 heavy (non-hydrogen) atoms. The lowest BCUT2D eigenvalue weighted by Crippen LogP contribution is -2.42. The van der Waals surface area contributed by atoms with Crippen molar-refractivity contribution in [2.24, 2.45) is 4.99 Å². The number of amides is 2. The zero-order chi connectivity index (χ0) is 21.6. The molecule has 2 rings (SSSR count). The summed E-state index contributed by atoms with van der Waals surface area (Å²) < 4.78 is 10.5. The minimum absolute atomic E-state index is 0.00804. The van der Waals surface area contributed by atoms with Crippen LogP contribution in [0.5, 0.6) is 5.75 Å². The van der Waals surface area contributed by atoms with Crippen molar-refractivity contribution in [2.75, 3.05) is 19.8 Å². The third kappa shape index (κ3) is 8.72. The normalized spacial score (nSPS) is 15.9. The highest BCUT2D eigenvalue weighted by atomic mass is 16.5. The van der Waals surface area contributed by atoms with E-state index in [1.54, 1.807) is 37.3 Å². The average Bonchev–Trinajstić information content (AvgIpc) is 2.74. The fourth-order valence-electron chi connectivity index (χ4n) is 2.54. The molecule has 8 heteroatoms. The number of hydrogen-bond acceptors (Lipinski definition) is 6. The molecule has 1 aliphatic heterocycles. The van der Waals surface area contributed by atoms with Crippen LogP contribution in [-0.4, -0.2) is 43.4 Å². The molecule has 1 aromatic carbocycles. The number of ether oxygens (including phenoxy) is 2. The van der Waals surface area contributed by atoms with Crippen molar-refractivity contribution >= 4 is 23.6 Å². The van der Waals surface area contributed by atoms with Gasteiger partial charge in [0.1, 0.15) is 5.75 Å². The highest BCUT2D eigenvalue weighted by Gasteiger charge is 2.14. The number of allylic oxidation sites excluding steroid dienone is 2. The van der Waals surface area contributed by atoms with Gasteiger partial charge in [-0.15, -0.1) is 0 Å². The van der Waals surface area contributed by atoms with Gasteiger partial charge >= 0.3 is 5.97 Å². The molecule has 160 valence electrons. The Bertz CT molecular complexity index is 830. The molecule has 0 aromatic heterocycles. The zero-order valence-electron chi connectivity index (χ0n) is 17.1. The highest BCUT2D eigenvalue weighted by molar-refractivity contribution is 6.40. The van der Waals surface area contributed by atoms with Crippen molar-refractivity contribution in [1.29, 1.82) is 0 Å². The molecule has 2 N–H and O–H groups in total. The molecule has 1 heterocycles. The fourth-order valence-corrected chi connectivity index (χ4v) is 2.54. The first-order chi connectivity index (χ1) is 14.6. The predicted octanol–water partition coefficient (Wildman–Crippen LogP) is 2.06. The molecule has 1 aliphatic rings. The lowest BCUT2D eigenvalue weighted by Gasteiger charge is -2.11. The van der Waals surface area contributed by atoms with Crippen LogP contribution in [0.25, 0.3) is 0 Å². The van der Waals surface area contributed by atoms with E-state index in [0.717, 1.165) is 5.56 Å². The van der Waals surface area contributed by atoms with E-state index in [0.29, 0.717) is 38.3 Å². The third-order valence-corrected chi connectivity index (χ3v) is 3.97. The van der Waals surface area contributed by atoms with Gasteiger partial charge in [0.25, 0.3) is 5.91 Å². The van der Waals surface area contributed by atoms with Gasteiger partial charge in [-0.3, -0.25) is 19.4 Å². The summed E-state index contributed by atoms with van der Waals surface area (Å²) in [5.74, 6) is -0.353. The van der Waals surface area contributed by atoms with E-state index in [1.807, 2.05) is 18.2 Å². The quantitative estimate of drug-likeness (QED) is 0.476. The molecule has 0 radical (unpaired) electrons. The Hall–Kier alpha value is -3.42. The van der Waals surface area contributed by atoms with Crippen molar-refractivity contribution in [2.45, 2.75) is 32.7 Å². The second-order valence-electron chi connectivity index (χ2n) is 6.39. The summed E-state index contributed by atoms with van der Waals surface area (Å²) in [5, 5.41) is 5.29. The second-order valence-corrected chi connectivity index (χ2v) is 6.39. The summed E-state index contributed by atoms with van der Waals surface area (Å²) in [6, 6.07) is 7.29. The van der Waals surface area contributed by atoms with Gasteiger partial charge in [-0.25, -0.2) is 0 Å². The molecule has 0 saturated heterocycles. The van der Waals surface area contributed by atoms with Gasteiger partial charge in [-0.1, -0.05) is 36.4 Å². The Balaban J connectivity index is 1.84. The first-order valence-corrected chi connectivity index (χ1v) is 9.90. The molecule has 0 bridgehead atoms. The van der Waals surface area contributed by atoms with Crippen molar-refractivity contribution in [3.63, 3.8) is 0 Å². The van der Waals surface area contributed by atoms with Gasteiger partial charge in [0, 0.05) is 19.4 Å². The van der Waals surface area contributed by atoms with Gasteiger partial charge in [-0.2, -0.15) is 0 Å². The molecule has 0 saturated carbocycles. The Morgan fingerprint density at radius 1 is 1.23 bits per heavy atom. The molecular weight excluding hydrogens is 386 g/mol. The Morgan fingerprint density at radius 2 is 2.07 bits per heavy atom. The standard InChI is InChI=1S/C22H27N3O5/c1-2-29-20(27)12-8-14-30-18-10-7-9-17(15-18)16-24-22(28)21-23-13-6-4-3-5-11-19(26)25-21/h3-7,9-10,15H,2,8,11-14,16H2,1H3,(H,24,28)(H,23,25,26)/b5-3-,6-4-. The summed E-state index contributed by atoms with van der Waals surface area (Å²) in [7, 11) is 0. The van der Waals surface area contributed by atoms with Gasteiger partial charge in [-0.05, 0) is 31.0 Å². The third-order valence-electron chi connectivity index (χ3n) is 3.97. The molecule has 0 aliphatic carbocycles. The van der Waals surface area contributed by atoms with Crippen LogP contribution in [0.4, 0.5) is 0 Å². The number of nitrogens with zero attached hydrogens (tertiary/aromatic N) is 1. The number of carbonyl (C=O) groups is 3. The number of esters is 1. The van der Waals surface area contributed by atoms with Crippen molar-refractivity contribution < 1.29 is 23.9 Å². The summed E-state index contributed by atoms with van der Waals surface area (Å²) in [4.78, 5) is 39.7. The van der Waals surface area contributed by atoms with Crippen molar-refractivity contribution in [1.82, 2.24) is 10.6 Å². The SMILES string of the molecule is CCOC(=O)CCCOc1cccc(CNC(=O)C2=NC/C=C\C=C/CC(=O)N2)c1. The maximum atomic E-state index is 12.4. The molecule has 0 atom stereocenters. The van der Waals surface area contributed by atoms with Crippen molar-refractivity contribution in [3.05, 3.63) is 54.1 Å². The summed E-state index contributed by atoms with van der Waals surface area (Å²) >= 11 is 0. The minimum Gasteiger partial charge on any atom is -0.494 e. The fraction of sp³-hybridized carbons (Fsp3) is 0.364. The first-order valence-electron chi connectivity index (χ1n) is 9.90. The van der Waals surface area contributed by atoms with Gasteiger partial charge in [0.2, 0.25) is 5.91 Å². The number of benzene rings is 1. The van der Waals surface area contributed by atoms with E-state index >= 15 is 0 Å². The van der Waals surface area contributed by atoms with Gasteiger partial charge in [0.05, 0.1) is 19.8 Å². The molecule has 0 fully saturated rings. The summed E-state index contributed by atoms with van der Waals surface area (Å²) in [5.41, 5.74) is 0.834. The Kier molecular flexibility index (Phi) is 9.85. The average molecular weight is 413 g/mol. The Morgan fingerprint density at radius 3 is 2.90 bits per heavy atom. The number of aliphatic imine (C=N–C) groups is 1. The van der Waals surface area contributed by atoms with E-state index in [4.69, 9.17) is 9.47 Å². The van der Waals surface area contributed by atoms with Crippen LogP contribution in [-0.2, 0) is 25.7 Å². The van der Waals surface area contributed by atoms with E-state index in [2.05, 4.69) is 15.6 Å². The monoisotopic (exact) mass is 413 g/mol. The van der Waals surface area contributed by atoms with Gasteiger partial charge < -0.3 is 20.1 Å². The number of nitrogens with one attached hydrogen (secondary N) is 2. The topological polar surface area (TPSA) is 106 Å². The maximum absolute atomic E-state index is 12.4. The van der Waals surface area contributed by atoms with Crippen LogP contribution in [0, 0.1) is 0 Å². The van der Waals surface area contributed by atoms with Crippen molar-refractivity contribution in [3.8, 4) is 5.75 Å². The number of hydrogen-bond donors (Lipinski definition) is 2. The molecule has 2 amide bonds. The molecule has 1 aromatic rings. The minimum atomic E-state index is -0.456. The predicted molar refractivity (Wildman–Crippen MR) is 113 cm³/mol. The van der Waals surface area contributed by atoms with Crippen LogP contribution in [0.2, 0.25) is 0 Å². The van der Waals surface area contributed by atoms with E-state index in [9.17, 15) is 14.4 Å². The van der Waals surface area contributed by atoms with Crippen LogP contribution < -0.4 is 15.4 Å². The smallest absolute Gasteiger partial charge is 0.305 e. The van der Waals surface area contributed by atoms with Crippen LogP contribution >= 0.6 is 0 Å².